The van der Waals surface area contributed by atoms with Crippen molar-refractivity contribution in [3.63, 3.8) is 0 Å². The molecule has 0 aromatic carbocycles. The Labute approximate surface area is 64.4 Å². The van der Waals surface area contributed by atoms with Crippen LogP contribution in [0.2, 0.25) is 0 Å². The molecular weight excluding hydrogens is 146 g/mol. The molecule has 2 aliphatic rings. The molecule has 0 atom stereocenters. The third-order valence-corrected chi connectivity index (χ3v) is 1.59. The number of ether oxygens (including phenoxy) is 2. The fraction of sp³-hybridized carbons (Fsp3) is 0.571. The van der Waals surface area contributed by atoms with Gasteiger partial charge in [0.15, 0.2) is 0 Å². The van der Waals surface area contributed by atoms with Gasteiger partial charge < -0.3 is 14.4 Å². The highest BCUT2D eigenvalue weighted by Crippen LogP contribution is 2.13. The highest BCUT2D eigenvalue weighted by Gasteiger charge is 2.29. The topological polar surface area (TPSA) is 38.5 Å². The fourth-order valence-electron chi connectivity index (χ4n) is 0.889. The Balaban J connectivity index is 2.01. The Bertz CT molecular complexity index is 208. The first-order valence-electron chi connectivity index (χ1n) is 3.62. The number of carbonyl (C=O) groups is 1. The summed E-state index contributed by atoms with van der Waals surface area (Å²) in [6.45, 7) is 2.71. The van der Waals surface area contributed by atoms with Gasteiger partial charge in [0.25, 0.3) is 5.91 Å². The average molecular weight is 155 g/mol. The number of rotatable bonds is 1. The van der Waals surface area contributed by atoms with E-state index in [1.807, 2.05) is 0 Å². The van der Waals surface area contributed by atoms with E-state index in [1.54, 1.807) is 4.90 Å². The van der Waals surface area contributed by atoms with Crippen LogP contribution in [0, 0.1) is 0 Å². The fourth-order valence-corrected chi connectivity index (χ4v) is 0.889. The van der Waals surface area contributed by atoms with Gasteiger partial charge in [-0.25, -0.2) is 0 Å². The van der Waals surface area contributed by atoms with Crippen molar-refractivity contribution in [2.75, 3.05) is 26.3 Å². The summed E-state index contributed by atoms with van der Waals surface area (Å²) in [5.74, 6) is 0.290. The molecule has 1 saturated heterocycles. The van der Waals surface area contributed by atoms with Crippen molar-refractivity contribution < 1.29 is 14.3 Å². The van der Waals surface area contributed by atoms with E-state index in [0.29, 0.717) is 19.0 Å². The van der Waals surface area contributed by atoms with Crippen LogP contribution in [-0.2, 0) is 14.3 Å². The Hall–Kier alpha value is -1.19. The smallest absolute Gasteiger partial charge is 0.292 e. The highest BCUT2D eigenvalue weighted by atomic mass is 16.6. The first kappa shape index (κ1) is 6.52. The van der Waals surface area contributed by atoms with Gasteiger partial charge in [0.1, 0.15) is 19.5 Å². The Morgan fingerprint density at radius 1 is 1.45 bits per heavy atom. The predicted octanol–water partition coefficient (Wildman–Crippen LogP) is -0.283. The molecule has 0 aliphatic carbocycles. The van der Waals surface area contributed by atoms with Gasteiger partial charge in [0, 0.05) is 13.1 Å². The number of hydrogen-bond acceptors (Lipinski definition) is 3. The molecule has 1 fully saturated rings. The maximum Gasteiger partial charge on any atom is 0.292 e. The minimum Gasteiger partial charge on any atom is -0.494 e. The van der Waals surface area contributed by atoms with E-state index in [-0.39, 0.29) is 5.91 Å². The van der Waals surface area contributed by atoms with Crippen molar-refractivity contribution in [2.24, 2.45) is 0 Å². The third-order valence-electron chi connectivity index (χ3n) is 1.59. The van der Waals surface area contributed by atoms with Crippen LogP contribution in [0.4, 0.5) is 0 Å². The van der Waals surface area contributed by atoms with Crippen molar-refractivity contribution >= 4 is 5.91 Å². The standard InChI is InChI=1S/C7H9NO3/c9-7(8-1-2-8)6-5-10-3-4-11-6/h5H,1-4H2. The largest absolute Gasteiger partial charge is 0.494 e. The van der Waals surface area contributed by atoms with Crippen LogP contribution >= 0.6 is 0 Å². The number of carbonyl (C=O) groups excluding carboxylic acids is 1. The molecule has 0 radical (unpaired) electrons. The van der Waals surface area contributed by atoms with Crippen LogP contribution in [0.25, 0.3) is 0 Å². The van der Waals surface area contributed by atoms with Gasteiger partial charge in [-0.1, -0.05) is 0 Å². The van der Waals surface area contributed by atoms with Gasteiger partial charge in [0.2, 0.25) is 5.76 Å². The third kappa shape index (κ3) is 1.29. The van der Waals surface area contributed by atoms with E-state index in [9.17, 15) is 4.79 Å². The van der Waals surface area contributed by atoms with Gasteiger partial charge in [-0.05, 0) is 0 Å². The van der Waals surface area contributed by atoms with Crippen LogP contribution in [0.3, 0.4) is 0 Å². The number of amides is 1. The molecule has 4 nitrogen and oxygen atoms in total. The molecule has 0 N–H and O–H groups in total. The number of nitrogens with zero attached hydrogens (tertiary/aromatic N) is 1. The van der Waals surface area contributed by atoms with E-state index in [4.69, 9.17) is 9.47 Å². The lowest BCUT2D eigenvalue weighted by Crippen LogP contribution is -2.20. The van der Waals surface area contributed by atoms with Crippen molar-refractivity contribution in [1.82, 2.24) is 4.90 Å². The lowest BCUT2D eigenvalue weighted by molar-refractivity contribution is -0.126. The molecule has 0 spiro atoms. The van der Waals surface area contributed by atoms with Crippen LogP contribution in [-0.4, -0.2) is 37.1 Å². The quantitative estimate of drug-likeness (QED) is 0.489. The molecule has 2 heterocycles. The molecule has 0 bridgehead atoms. The predicted molar refractivity (Wildman–Crippen MR) is 36.6 cm³/mol. The minimum atomic E-state index is -0.0512. The van der Waals surface area contributed by atoms with Crippen LogP contribution in [0.5, 0.6) is 0 Å². The van der Waals surface area contributed by atoms with E-state index >= 15 is 0 Å². The van der Waals surface area contributed by atoms with Crippen LogP contribution < -0.4 is 0 Å². The average Bonchev–Trinajstić information content (AvgIpc) is 2.87. The summed E-state index contributed by atoms with van der Waals surface area (Å²) in [6, 6.07) is 0. The summed E-state index contributed by atoms with van der Waals surface area (Å²) >= 11 is 0. The number of hydrogen-bond donors (Lipinski definition) is 0. The normalized spacial score (nSPS) is 21.5. The molecule has 4 heteroatoms. The van der Waals surface area contributed by atoms with E-state index < -0.39 is 0 Å². The first-order chi connectivity index (χ1) is 5.38. The lowest BCUT2D eigenvalue weighted by Gasteiger charge is -2.14. The van der Waals surface area contributed by atoms with Crippen molar-refractivity contribution in [3.05, 3.63) is 12.0 Å². The first-order valence-corrected chi connectivity index (χ1v) is 3.62. The molecule has 0 saturated carbocycles. The summed E-state index contributed by atoms with van der Waals surface area (Å²) in [4.78, 5) is 12.9. The highest BCUT2D eigenvalue weighted by molar-refractivity contribution is 5.92. The molecule has 1 amide bonds. The molecule has 0 aromatic rings. The zero-order valence-electron chi connectivity index (χ0n) is 6.08. The minimum absolute atomic E-state index is 0.0512. The van der Waals surface area contributed by atoms with Gasteiger partial charge in [0.05, 0.1) is 0 Å². The van der Waals surface area contributed by atoms with Gasteiger partial charge in [-0.2, -0.15) is 0 Å². The second-order valence-electron chi connectivity index (χ2n) is 2.49. The van der Waals surface area contributed by atoms with Crippen molar-refractivity contribution in [3.8, 4) is 0 Å². The zero-order valence-corrected chi connectivity index (χ0v) is 6.08. The summed E-state index contributed by atoms with van der Waals surface area (Å²) in [6.07, 6.45) is 1.39. The Morgan fingerprint density at radius 3 is 2.82 bits per heavy atom. The van der Waals surface area contributed by atoms with E-state index in [1.165, 1.54) is 6.26 Å². The molecule has 11 heavy (non-hydrogen) atoms. The molecule has 60 valence electrons. The SMILES string of the molecule is O=C(C1=COCCO1)N1CC1. The molecule has 0 aromatic heterocycles. The molecular formula is C7H9NO3. The molecule has 2 aliphatic heterocycles. The summed E-state index contributed by atoms with van der Waals surface area (Å²) < 4.78 is 10.0. The van der Waals surface area contributed by atoms with E-state index in [0.717, 1.165) is 13.1 Å². The van der Waals surface area contributed by atoms with Crippen molar-refractivity contribution in [1.29, 1.82) is 0 Å². The second kappa shape index (κ2) is 2.45. The van der Waals surface area contributed by atoms with E-state index in [2.05, 4.69) is 0 Å². The summed E-state index contributed by atoms with van der Waals surface area (Å²) in [7, 11) is 0. The Kier molecular flexibility index (Phi) is 1.45. The van der Waals surface area contributed by atoms with Crippen LogP contribution in [0.1, 0.15) is 0 Å². The second-order valence-corrected chi connectivity index (χ2v) is 2.49. The maximum atomic E-state index is 11.2. The van der Waals surface area contributed by atoms with Gasteiger partial charge in [-0.3, -0.25) is 4.79 Å². The van der Waals surface area contributed by atoms with Gasteiger partial charge >= 0.3 is 0 Å². The molecule has 2 rings (SSSR count). The summed E-state index contributed by atoms with van der Waals surface area (Å²) in [5.41, 5.74) is 0. The zero-order chi connectivity index (χ0) is 7.68. The maximum absolute atomic E-state index is 11.2. The summed E-state index contributed by atoms with van der Waals surface area (Å²) in [5, 5.41) is 0. The van der Waals surface area contributed by atoms with Crippen LogP contribution in [0.15, 0.2) is 12.0 Å². The lowest BCUT2D eigenvalue weighted by atomic mass is 10.5. The monoisotopic (exact) mass is 155 g/mol. The Morgan fingerprint density at radius 2 is 2.27 bits per heavy atom. The van der Waals surface area contributed by atoms with Gasteiger partial charge in [-0.15, -0.1) is 0 Å². The van der Waals surface area contributed by atoms with Crippen molar-refractivity contribution in [2.45, 2.75) is 0 Å². The molecule has 0 unspecified atom stereocenters.